The Morgan fingerprint density at radius 3 is 2.81 bits per heavy atom. The number of anilines is 1. The highest BCUT2D eigenvalue weighted by Crippen LogP contribution is 2.34. The average molecular weight is 212 g/mol. The molecule has 0 saturated heterocycles. The van der Waals surface area contributed by atoms with Crippen LogP contribution in [0.3, 0.4) is 0 Å². The minimum absolute atomic E-state index is 0.744. The summed E-state index contributed by atoms with van der Waals surface area (Å²) >= 11 is 0. The predicted octanol–water partition coefficient (Wildman–Crippen LogP) is 2.38. The highest BCUT2D eigenvalue weighted by Gasteiger charge is 2.17. The van der Waals surface area contributed by atoms with E-state index in [2.05, 4.69) is 0 Å². The zero-order valence-electron chi connectivity index (χ0n) is 8.73. The molecule has 0 amide bonds. The van der Waals surface area contributed by atoms with Crippen LogP contribution in [0.4, 0.5) is 5.69 Å². The Morgan fingerprint density at radius 2 is 2.06 bits per heavy atom. The van der Waals surface area contributed by atoms with E-state index in [-0.39, 0.29) is 0 Å². The minimum atomic E-state index is 0.744. The van der Waals surface area contributed by atoms with Crippen LogP contribution in [0.5, 0.6) is 0 Å². The number of rotatable bonds is 1. The van der Waals surface area contributed by atoms with Gasteiger partial charge >= 0.3 is 0 Å². The smallest absolute Gasteiger partial charge is 0.134 e. The fourth-order valence-electron chi connectivity index (χ4n) is 2.15. The molecule has 2 aromatic rings. The second-order valence-corrected chi connectivity index (χ2v) is 4.01. The van der Waals surface area contributed by atoms with Crippen molar-refractivity contribution in [2.45, 2.75) is 6.42 Å². The standard InChI is InChI=1S/C13H12N2O/c14-9-4-8-5-10(15)7-12(11(8)6-9)13-2-1-3-16-13/h1-3,5-7H,4,14-15H2. The maximum absolute atomic E-state index is 5.88. The summed E-state index contributed by atoms with van der Waals surface area (Å²) < 4.78 is 5.41. The van der Waals surface area contributed by atoms with E-state index in [1.807, 2.05) is 30.3 Å². The van der Waals surface area contributed by atoms with Gasteiger partial charge in [0.15, 0.2) is 0 Å². The van der Waals surface area contributed by atoms with E-state index in [9.17, 15) is 0 Å². The molecule has 1 aromatic carbocycles. The van der Waals surface area contributed by atoms with Gasteiger partial charge in [-0.1, -0.05) is 0 Å². The molecule has 4 N–H and O–H groups in total. The largest absolute Gasteiger partial charge is 0.464 e. The Kier molecular flexibility index (Phi) is 1.80. The van der Waals surface area contributed by atoms with E-state index in [1.54, 1.807) is 6.26 Å². The van der Waals surface area contributed by atoms with Gasteiger partial charge in [0.05, 0.1) is 6.26 Å². The third kappa shape index (κ3) is 1.29. The first kappa shape index (κ1) is 9.09. The van der Waals surface area contributed by atoms with Crippen LogP contribution < -0.4 is 11.5 Å². The van der Waals surface area contributed by atoms with Crippen LogP contribution in [-0.2, 0) is 6.42 Å². The van der Waals surface area contributed by atoms with Crippen molar-refractivity contribution in [2.75, 3.05) is 5.73 Å². The Morgan fingerprint density at radius 1 is 1.19 bits per heavy atom. The van der Waals surface area contributed by atoms with Gasteiger partial charge in [0.25, 0.3) is 0 Å². The van der Waals surface area contributed by atoms with E-state index in [0.29, 0.717) is 0 Å². The topological polar surface area (TPSA) is 65.2 Å². The molecule has 3 nitrogen and oxygen atoms in total. The molecule has 0 radical (unpaired) electrons. The fraction of sp³-hybridized carbons (Fsp3) is 0.0769. The van der Waals surface area contributed by atoms with Gasteiger partial charge in [-0.2, -0.15) is 0 Å². The lowest BCUT2D eigenvalue weighted by Crippen LogP contribution is -1.96. The van der Waals surface area contributed by atoms with Crippen molar-refractivity contribution < 1.29 is 4.42 Å². The maximum atomic E-state index is 5.88. The van der Waals surface area contributed by atoms with Crippen molar-refractivity contribution in [3.63, 3.8) is 0 Å². The van der Waals surface area contributed by atoms with Crippen molar-refractivity contribution in [3.8, 4) is 11.3 Å². The summed E-state index contributed by atoms with van der Waals surface area (Å²) in [6.07, 6.45) is 4.42. The van der Waals surface area contributed by atoms with Crippen LogP contribution in [0, 0.1) is 0 Å². The molecule has 0 unspecified atom stereocenters. The van der Waals surface area contributed by atoms with Gasteiger partial charge in [0.1, 0.15) is 5.76 Å². The number of hydrogen-bond acceptors (Lipinski definition) is 3. The van der Waals surface area contributed by atoms with Crippen molar-refractivity contribution in [1.29, 1.82) is 0 Å². The number of nitrogens with two attached hydrogens (primary N) is 2. The monoisotopic (exact) mass is 212 g/mol. The Labute approximate surface area is 93.4 Å². The highest BCUT2D eigenvalue weighted by atomic mass is 16.3. The third-order valence-corrected chi connectivity index (χ3v) is 2.80. The van der Waals surface area contributed by atoms with Crippen LogP contribution in [0.25, 0.3) is 17.4 Å². The van der Waals surface area contributed by atoms with Gasteiger partial charge in [0, 0.05) is 23.4 Å². The van der Waals surface area contributed by atoms with Crippen LogP contribution in [-0.4, -0.2) is 0 Å². The van der Waals surface area contributed by atoms with E-state index >= 15 is 0 Å². The molecule has 0 fully saturated rings. The normalized spacial score (nSPS) is 13.6. The van der Waals surface area contributed by atoms with Crippen LogP contribution >= 0.6 is 0 Å². The first-order valence-electron chi connectivity index (χ1n) is 5.16. The predicted molar refractivity (Wildman–Crippen MR) is 64.4 cm³/mol. The summed E-state index contributed by atoms with van der Waals surface area (Å²) in [7, 11) is 0. The first-order valence-corrected chi connectivity index (χ1v) is 5.16. The van der Waals surface area contributed by atoms with E-state index in [0.717, 1.165) is 34.7 Å². The lowest BCUT2D eigenvalue weighted by molar-refractivity contribution is 0.582. The van der Waals surface area contributed by atoms with Crippen LogP contribution in [0.15, 0.2) is 40.6 Å². The Hall–Kier alpha value is -2.16. The highest BCUT2D eigenvalue weighted by molar-refractivity contribution is 5.81. The molecular formula is C13H12N2O. The van der Waals surface area contributed by atoms with Gasteiger partial charge in [-0.25, -0.2) is 0 Å². The average Bonchev–Trinajstić information content (AvgIpc) is 2.83. The number of fused-ring (bicyclic) bond motifs is 1. The molecule has 0 atom stereocenters. The summed E-state index contributed by atoms with van der Waals surface area (Å²) in [4.78, 5) is 0. The lowest BCUT2D eigenvalue weighted by atomic mass is 10.0. The van der Waals surface area contributed by atoms with Gasteiger partial charge in [-0.05, 0) is 41.5 Å². The first-order chi connectivity index (χ1) is 7.74. The zero-order valence-corrected chi connectivity index (χ0v) is 8.73. The number of furan rings is 1. The molecule has 16 heavy (non-hydrogen) atoms. The molecule has 80 valence electrons. The SMILES string of the molecule is NC1=Cc2c(cc(N)cc2-c2ccco2)C1. The molecular weight excluding hydrogens is 200 g/mol. The molecule has 0 aliphatic heterocycles. The summed E-state index contributed by atoms with van der Waals surface area (Å²) in [5, 5.41) is 0. The number of hydrogen-bond donors (Lipinski definition) is 2. The number of allylic oxidation sites excluding steroid dienone is 1. The summed E-state index contributed by atoms with van der Waals surface area (Å²) in [6, 6.07) is 7.69. The van der Waals surface area contributed by atoms with Crippen molar-refractivity contribution >= 4 is 11.8 Å². The number of nitrogen functional groups attached to an aromatic ring is 1. The molecule has 0 spiro atoms. The molecule has 1 aliphatic rings. The van der Waals surface area contributed by atoms with Crippen LogP contribution in [0.2, 0.25) is 0 Å². The third-order valence-electron chi connectivity index (χ3n) is 2.80. The quantitative estimate of drug-likeness (QED) is 0.713. The van der Waals surface area contributed by atoms with Crippen molar-refractivity contribution in [1.82, 2.24) is 0 Å². The lowest BCUT2D eigenvalue weighted by Gasteiger charge is -2.06. The molecule has 1 aromatic heterocycles. The van der Waals surface area contributed by atoms with Crippen LogP contribution in [0.1, 0.15) is 11.1 Å². The molecule has 3 heteroatoms. The summed E-state index contributed by atoms with van der Waals surface area (Å²) in [5.74, 6) is 0.828. The molecule has 3 rings (SSSR count). The summed E-state index contributed by atoms with van der Waals surface area (Å²) in [5.41, 5.74) is 16.6. The second-order valence-electron chi connectivity index (χ2n) is 4.01. The van der Waals surface area contributed by atoms with Crippen molar-refractivity contribution in [3.05, 3.63) is 47.4 Å². The van der Waals surface area contributed by atoms with E-state index in [1.165, 1.54) is 5.56 Å². The van der Waals surface area contributed by atoms with Gasteiger partial charge in [0.2, 0.25) is 0 Å². The molecule has 0 bridgehead atoms. The number of benzene rings is 1. The molecule has 0 saturated carbocycles. The van der Waals surface area contributed by atoms with Gasteiger partial charge in [-0.3, -0.25) is 0 Å². The van der Waals surface area contributed by atoms with Gasteiger partial charge in [-0.15, -0.1) is 0 Å². The minimum Gasteiger partial charge on any atom is -0.464 e. The Bertz CT molecular complexity index is 568. The van der Waals surface area contributed by atoms with Gasteiger partial charge < -0.3 is 15.9 Å². The Balaban J connectivity index is 2.25. The van der Waals surface area contributed by atoms with Crippen molar-refractivity contribution in [2.24, 2.45) is 5.73 Å². The molecule has 1 heterocycles. The maximum Gasteiger partial charge on any atom is 0.134 e. The fourth-order valence-corrected chi connectivity index (χ4v) is 2.15. The summed E-state index contributed by atoms with van der Waals surface area (Å²) in [6.45, 7) is 0. The van der Waals surface area contributed by atoms with E-state index < -0.39 is 0 Å². The zero-order chi connectivity index (χ0) is 11.1. The second kappa shape index (κ2) is 3.17. The molecule has 1 aliphatic carbocycles. The van der Waals surface area contributed by atoms with E-state index in [4.69, 9.17) is 15.9 Å².